The topological polar surface area (TPSA) is 64.3 Å². The third-order valence-corrected chi connectivity index (χ3v) is 3.52. The van der Waals surface area contributed by atoms with Crippen LogP contribution in [0.2, 0.25) is 0 Å². The van der Waals surface area contributed by atoms with Crippen LogP contribution in [0.3, 0.4) is 0 Å². The molecule has 0 spiro atoms. The Morgan fingerprint density at radius 1 is 1.58 bits per heavy atom. The first-order chi connectivity index (χ1) is 8.67. The van der Waals surface area contributed by atoms with Crippen LogP contribution in [-0.4, -0.2) is 16.7 Å². The molecule has 1 aromatic heterocycles. The highest BCUT2D eigenvalue weighted by atomic mass is 32.1. The van der Waals surface area contributed by atoms with Crippen LogP contribution in [0, 0.1) is 0 Å². The highest BCUT2D eigenvalue weighted by molar-refractivity contribution is 7.80. The maximum absolute atomic E-state index is 11.7. The molecule has 0 bridgehead atoms. The Hall–Kier alpha value is -1.14. The van der Waals surface area contributed by atoms with Crippen LogP contribution in [0.1, 0.15) is 44.2 Å². The van der Waals surface area contributed by atoms with Gasteiger partial charge in [0.05, 0.1) is 11.0 Å². The Balaban J connectivity index is 2.58. The number of rotatable bonds is 4. The lowest BCUT2D eigenvalue weighted by Crippen LogP contribution is -2.33. The molecule has 1 heterocycles. The number of thiophene rings is 1. The zero-order chi connectivity index (χ0) is 14.6. The van der Waals surface area contributed by atoms with Gasteiger partial charge in [0.15, 0.2) is 0 Å². The molecule has 1 aromatic rings. The molecule has 3 N–H and O–H groups in total. The number of hydrogen-bond acceptors (Lipinski definition) is 4. The molecule has 0 saturated carbocycles. The van der Waals surface area contributed by atoms with E-state index in [9.17, 15) is 4.79 Å². The number of alkyl carbamates (subject to hydrolysis) is 1. The van der Waals surface area contributed by atoms with E-state index in [1.807, 2.05) is 39.1 Å². The van der Waals surface area contributed by atoms with Crippen LogP contribution in [0.25, 0.3) is 0 Å². The van der Waals surface area contributed by atoms with Crippen LogP contribution in [-0.2, 0) is 11.2 Å². The summed E-state index contributed by atoms with van der Waals surface area (Å²) >= 11 is 6.45. The van der Waals surface area contributed by atoms with Crippen molar-refractivity contribution in [3.05, 3.63) is 21.9 Å². The minimum Gasteiger partial charge on any atom is -0.444 e. The fourth-order valence-electron chi connectivity index (χ4n) is 1.47. The van der Waals surface area contributed by atoms with E-state index >= 15 is 0 Å². The third-order valence-electron chi connectivity index (χ3n) is 2.21. The Labute approximate surface area is 123 Å². The molecule has 1 amide bonds. The second kappa shape index (κ2) is 6.34. The Kier molecular flexibility index (Phi) is 5.31. The van der Waals surface area contributed by atoms with E-state index < -0.39 is 11.7 Å². The molecular formula is C13H20N2O2S2. The van der Waals surface area contributed by atoms with Crippen molar-refractivity contribution in [3.8, 4) is 0 Å². The number of nitrogens with two attached hydrogens (primary N) is 1. The number of carbonyl (C=O) groups excluding carboxylic acids is 1. The van der Waals surface area contributed by atoms with Gasteiger partial charge in [-0.2, -0.15) is 0 Å². The van der Waals surface area contributed by atoms with Crippen LogP contribution < -0.4 is 11.1 Å². The van der Waals surface area contributed by atoms with Gasteiger partial charge in [0.25, 0.3) is 0 Å². The molecule has 106 valence electrons. The molecule has 1 unspecified atom stereocenters. The van der Waals surface area contributed by atoms with Crippen LogP contribution >= 0.6 is 23.6 Å². The molecule has 0 radical (unpaired) electrons. The summed E-state index contributed by atoms with van der Waals surface area (Å²) in [4.78, 5) is 13.2. The highest BCUT2D eigenvalue weighted by Gasteiger charge is 2.19. The minimum atomic E-state index is -0.490. The maximum atomic E-state index is 11.7. The zero-order valence-electron chi connectivity index (χ0n) is 11.6. The molecule has 1 atom stereocenters. The average Bonchev–Trinajstić information content (AvgIpc) is 2.61. The monoisotopic (exact) mass is 300 g/mol. The minimum absolute atomic E-state index is 0.0973. The summed E-state index contributed by atoms with van der Waals surface area (Å²) in [7, 11) is 0. The SMILES string of the molecule is CC(NC(=O)OC(C)(C)C)c1cc(CC(N)=S)cs1. The van der Waals surface area contributed by atoms with E-state index in [1.54, 1.807) is 11.3 Å². The number of thiocarbonyl (C=S) groups is 1. The van der Waals surface area contributed by atoms with Crippen molar-refractivity contribution in [2.24, 2.45) is 5.73 Å². The van der Waals surface area contributed by atoms with Gasteiger partial charge in [-0.15, -0.1) is 11.3 Å². The number of ether oxygens (including phenoxy) is 1. The zero-order valence-corrected chi connectivity index (χ0v) is 13.3. The van der Waals surface area contributed by atoms with Gasteiger partial charge >= 0.3 is 6.09 Å². The van der Waals surface area contributed by atoms with Gasteiger partial charge in [0.2, 0.25) is 0 Å². The predicted octanol–water partition coefficient (Wildman–Crippen LogP) is 3.16. The van der Waals surface area contributed by atoms with E-state index in [1.165, 1.54) is 0 Å². The number of amides is 1. The molecule has 0 aliphatic carbocycles. The number of carbonyl (C=O) groups is 1. The van der Waals surface area contributed by atoms with Crippen molar-refractivity contribution < 1.29 is 9.53 Å². The highest BCUT2D eigenvalue weighted by Crippen LogP contribution is 2.22. The Morgan fingerprint density at radius 3 is 2.74 bits per heavy atom. The lowest BCUT2D eigenvalue weighted by Gasteiger charge is -2.21. The quantitative estimate of drug-likeness (QED) is 0.838. The fraction of sp³-hybridized carbons (Fsp3) is 0.538. The molecule has 19 heavy (non-hydrogen) atoms. The van der Waals surface area contributed by atoms with E-state index in [-0.39, 0.29) is 6.04 Å². The molecule has 0 aliphatic heterocycles. The summed E-state index contributed by atoms with van der Waals surface area (Å²) in [5.41, 5.74) is 6.09. The molecule has 0 saturated heterocycles. The summed E-state index contributed by atoms with van der Waals surface area (Å²) in [5, 5.41) is 4.81. The number of nitrogens with one attached hydrogen (secondary N) is 1. The molecule has 0 fully saturated rings. The maximum Gasteiger partial charge on any atom is 0.408 e. The van der Waals surface area contributed by atoms with Gasteiger partial charge in [-0.25, -0.2) is 4.79 Å². The van der Waals surface area contributed by atoms with Gasteiger partial charge in [-0.05, 0) is 44.7 Å². The van der Waals surface area contributed by atoms with Crippen molar-refractivity contribution in [2.75, 3.05) is 0 Å². The molecule has 1 rings (SSSR count). The molecule has 0 aliphatic rings. The first kappa shape index (κ1) is 15.9. The van der Waals surface area contributed by atoms with Crippen LogP contribution in [0.15, 0.2) is 11.4 Å². The van der Waals surface area contributed by atoms with E-state index in [4.69, 9.17) is 22.7 Å². The summed E-state index contributed by atoms with van der Waals surface area (Å²) < 4.78 is 5.22. The number of hydrogen-bond donors (Lipinski definition) is 2. The molecular weight excluding hydrogens is 280 g/mol. The van der Waals surface area contributed by atoms with Crippen molar-refractivity contribution in [1.29, 1.82) is 0 Å². The molecule has 0 aromatic carbocycles. The smallest absolute Gasteiger partial charge is 0.408 e. The summed E-state index contributed by atoms with van der Waals surface area (Å²) in [6.07, 6.45) is 0.176. The first-order valence-corrected chi connectivity index (χ1v) is 7.31. The van der Waals surface area contributed by atoms with Gasteiger partial charge < -0.3 is 15.8 Å². The summed E-state index contributed by atoms with van der Waals surface area (Å²) in [6, 6.07) is 1.91. The van der Waals surface area contributed by atoms with Gasteiger partial charge in [-0.1, -0.05) is 12.2 Å². The lowest BCUT2D eigenvalue weighted by atomic mass is 10.2. The largest absolute Gasteiger partial charge is 0.444 e. The summed E-state index contributed by atoms with van der Waals surface area (Å²) in [6.45, 7) is 7.42. The molecule has 4 nitrogen and oxygen atoms in total. The van der Waals surface area contributed by atoms with E-state index in [2.05, 4.69) is 5.32 Å². The fourth-order valence-corrected chi connectivity index (χ4v) is 2.56. The normalized spacial score (nSPS) is 12.8. The Morgan fingerprint density at radius 2 is 2.21 bits per heavy atom. The predicted molar refractivity (Wildman–Crippen MR) is 82.6 cm³/mol. The summed E-state index contributed by atoms with van der Waals surface area (Å²) in [5.74, 6) is 0. The van der Waals surface area contributed by atoms with E-state index in [0.29, 0.717) is 11.4 Å². The second-order valence-electron chi connectivity index (χ2n) is 5.37. The average molecular weight is 300 g/mol. The van der Waals surface area contributed by atoms with Crippen molar-refractivity contribution in [1.82, 2.24) is 5.32 Å². The second-order valence-corrected chi connectivity index (χ2v) is 6.84. The Bertz CT molecular complexity index is 463. The van der Waals surface area contributed by atoms with E-state index in [0.717, 1.165) is 10.4 Å². The van der Waals surface area contributed by atoms with Crippen LogP contribution in [0.4, 0.5) is 4.79 Å². The van der Waals surface area contributed by atoms with Crippen molar-refractivity contribution in [2.45, 2.75) is 45.8 Å². The van der Waals surface area contributed by atoms with Gasteiger partial charge in [0, 0.05) is 11.3 Å². The van der Waals surface area contributed by atoms with Crippen molar-refractivity contribution >= 4 is 34.6 Å². The van der Waals surface area contributed by atoms with Gasteiger partial charge in [-0.3, -0.25) is 0 Å². The third kappa shape index (κ3) is 6.02. The van der Waals surface area contributed by atoms with Crippen molar-refractivity contribution in [3.63, 3.8) is 0 Å². The first-order valence-electron chi connectivity index (χ1n) is 6.02. The standard InChI is InChI=1S/C13H20N2O2S2/c1-8(15-12(16)17-13(2,3)4)10-5-9(7-19-10)6-11(14)18/h5,7-8H,6H2,1-4H3,(H2,14,18)(H,15,16). The molecule has 6 heteroatoms. The lowest BCUT2D eigenvalue weighted by molar-refractivity contribution is 0.0509. The van der Waals surface area contributed by atoms with Gasteiger partial charge in [0.1, 0.15) is 5.60 Å². The van der Waals surface area contributed by atoms with Crippen LogP contribution in [0.5, 0.6) is 0 Å².